The fourth-order valence-corrected chi connectivity index (χ4v) is 1.72. The fraction of sp³-hybridized carbons (Fsp3) is 0.333. The highest BCUT2D eigenvalue weighted by atomic mass is 16.7. The second kappa shape index (κ2) is 4.97. The van der Waals surface area contributed by atoms with Gasteiger partial charge >= 0.3 is 5.97 Å². The molecular weight excluding hydrogens is 224 g/mol. The van der Waals surface area contributed by atoms with Gasteiger partial charge in [0.15, 0.2) is 5.78 Å². The first-order valence-electron chi connectivity index (χ1n) is 5.25. The maximum atomic E-state index is 11.5. The maximum Gasteiger partial charge on any atom is 0.307 e. The zero-order valence-corrected chi connectivity index (χ0v) is 9.04. The van der Waals surface area contributed by atoms with Crippen molar-refractivity contribution in [1.82, 2.24) is 0 Å². The molecule has 2 aliphatic rings. The van der Waals surface area contributed by atoms with Gasteiger partial charge in [-0.25, -0.2) is 0 Å². The lowest BCUT2D eigenvalue weighted by atomic mass is 10.1. The number of rotatable bonds is 4. The van der Waals surface area contributed by atoms with Gasteiger partial charge in [0.05, 0.1) is 18.8 Å². The van der Waals surface area contributed by atoms with Crippen molar-refractivity contribution in [3.8, 4) is 0 Å². The number of hydrogen-bond donors (Lipinski definition) is 1. The van der Waals surface area contributed by atoms with Gasteiger partial charge < -0.3 is 14.6 Å². The Morgan fingerprint density at radius 2 is 2.35 bits per heavy atom. The van der Waals surface area contributed by atoms with Crippen LogP contribution in [0, 0.1) is 0 Å². The summed E-state index contributed by atoms with van der Waals surface area (Å²) in [6.45, 7) is 0. The van der Waals surface area contributed by atoms with Crippen LogP contribution in [0.5, 0.6) is 0 Å². The first-order chi connectivity index (χ1) is 8.15. The van der Waals surface area contributed by atoms with Crippen LogP contribution in [0.3, 0.4) is 0 Å². The van der Waals surface area contributed by atoms with Crippen LogP contribution in [0.2, 0.25) is 0 Å². The van der Waals surface area contributed by atoms with Crippen LogP contribution in [0.1, 0.15) is 12.8 Å². The SMILES string of the molecule is O=C(O)CC1=CC(O[C@@H]2C=CC=CO2)CC1=O. The number of ketones is 1. The molecule has 0 saturated carbocycles. The molecular formula is C12H12O5. The summed E-state index contributed by atoms with van der Waals surface area (Å²) in [5, 5.41) is 8.62. The van der Waals surface area contributed by atoms with Crippen molar-refractivity contribution in [3.63, 3.8) is 0 Å². The molecule has 0 aromatic heterocycles. The van der Waals surface area contributed by atoms with E-state index in [1.54, 1.807) is 24.3 Å². The van der Waals surface area contributed by atoms with Crippen molar-refractivity contribution in [1.29, 1.82) is 0 Å². The molecule has 1 heterocycles. The van der Waals surface area contributed by atoms with Crippen molar-refractivity contribution < 1.29 is 24.2 Å². The minimum Gasteiger partial charge on any atom is -0.481 e. The molecule has 5 nitrogen and oxygen atoms in total. The van der Waals surface area contributed by atoms with Gasteiger partial charge in [-0.3, -0.25) is 9.59 Å². The molecule has 1 N–H and O–H groups in total. The fourth-order valence-electron chi connectivity index (χ4n) is 1.72. The third kappa shape index (κ3) is 3.04. The molecule has 0 aromatic carbocycles. The van der Waals surface area contributed by atoms with Gasteiger partial charge in [0.1, 0.15) is 0 Å². The van der Waals surface area contributed by atoms with Crippen molar-refractivity contribution in [2.24, 2.45) is 0 Å². The predicted molar refractivity (Wildman–Crippen MR) is 58.0 cm³/mol. The molecule has 2 rings (SSSR count). The molecule has 0 amide bonds. The Morgan fingerprint density at radius 3 is 3.00 bits per heavy atom. The molecule has 5 heteroatoms. The van der Waals surface area contributed by atoms with E-state index in [4.69, 9.17) is 14.6 Å². The molecule has 2 atom stereocenters. The van der Waals surface area contributed by atoms with Crippen LogP contribution in [-0.4, -0.2) is 29.3 Å². The summed E-state index contributed by atoms with van der Waals surface area (Å²) >= 11 is 0. The zero-order valence-electron chi connectivity index (χ0n) is 9.04. The number of aliphatic carboxylic acids is 1. The molecule has 0 spiro atoms. The monoisotopic (exact) mass is 236 g/mol. The van der Waals surface area contributed by atoms with Crippen molar-refractivity contribution in [2.45, 2.75) is 25.2 Å². The van der Waals surface area contributed by atoms with E-state index in [1.807, 2.05) is 0 Å². The predicted octanol–water partition coefficient (Wildman–Crippen LogP) is 1.17. The molecule has 17 heavy (non-hydrogen) atoms. The summed E-state index contributed by atoms with van der Waals surface area (Å²) in [4.78, 5) is 22.0. The van der Waals surface area contributed by atoms with E-state index in [0.29, 0.717) is 5.57 Å². The highest BCUT2D eigenvalue weighted by Gasteiger charge is 2.27. The Bertz CT molecular complexity index is 419. The van der Waals surface area contributed by atoms with Crippen LogP contribution < -0.4 is 0 Å². The van der Waals surface area contributed by atoms with Gasteiger partial charge in [0, 0.05) is 12.0 Å². The molecule has 0 fully saturated rings. The summed E-state index contributed by atoms with van der Waals surface area (Å²) in [6.07, 6.45) is 7.30. The Balaban J connectivity index is 1.93. The van der Waals surface area contributed by atoms with Gasteiger partial charge in [0.25, 0.3) is 0 Å². The topological polar surface area (TPSA) is 72.8 Å². The number of Topliss-reactive ketones (excluding diaryl/α,β-unsaturated/α-hetero) is 1. The van der Waals surface area contributed by atoms with Crippen LogP contribution in [0.4, 0.5) is 0 Å². The van der Waals surface area contributed by atoms with E-state index < -0.39 is 18.4 Å². The summed E-state index contributed by atoms with van der Waals surface area (Å²) < 4.78 is 10.6. The molecule has 0 saturated heterocycles. The first kappa shape index (κ1) is 11.6. The standard InChI is InChI=1S/C12H12O5/c13-10-7-9(5-8(10)6-11(14)15)17-12-3-1-2-4-16-12/h1-5,9,12H,6-7H2,(H,14,15)/t9?,12-/m1/s1. The van der Waals surface area contributed by atoms with Crippen molar-refractivity contribution in [2.75, 3.05) is 0 Å². The first-order valence-corrected chi connectivity index (χ1v) is 5.25. The van der Waals surface area contributed by atoms with E-state index in [1.165, 1.54) is 6.26 Å². The van der Waals surface area contributed by atoms with E-state index in [2.05, 4.69) is 0 Å². The van der Waals surface area contributed by atoms with Gasteiger partial charge in [-0.2, -0.15) is 0 Å². The molecule has 1 unspecified atom stereocenters. The maximum absolute atomic E-state index is 11.5. The van der Waals surface area contributed by atoms with E-state index in [0.717, 1.165) is 0 Å². The number of hydrogen-bond acceptors (Lipinski definition) is 4. The Morgan fingerprint density at radius 1 is 1.53 bits per heavy atom. The van der Waals surface area contributed by atoms with Gasteiger partial charge in [0.2, 0.25) is 6.29 Å². The van der Waals surface area contributed by atoms with Gasteiger partial charge in [-0.1, -0.05) is 6.08 Å². The lowest BCUT2D eigenvalue weighted by Crippen LogP contribution is -2.20. The second-order valence-electron chi connectivity index (χ2n) is 3.78. The summed E-state index contributed by atoms with van der Waals surface area (Å²) in [6, 6.07) is 0. The molecule has 0 aromatic rings. The van der Waals surface area contributed by atoms with E-state index in [9.17, 15) is 9.59 Å². The van der Waals surface area contributed by atoms with Crippen LogP contribution >= 0.6 is 0 Å². The highest BCUT2D eigenvalue weighted by molar-refractivity contribution is 6.01. The van der Waals surface area contributed by atoms with Crippen molar-refractivity contribution in [3.05, 3.63) is 36.1 Å². The molecule has 0 bridgehead atoms. The second-order valence-corrected chi connectivity index (χ2v) is 3.78. The molecule has 1 aliphatic heterocycles. The lowest BCUT2D eigenvalue weighted by Gasteiger charge is -2.18. The average Bonchev–Trinajstić information content (AvgIpc) is 2.59. The largest absolute Gasteiger partial charge is 0.481 e. The number of allylic oxidation sites excluding steroid dienone is 2. The number of carboxylic acid groups (broad SMARTS) is 1. The van der Waals surface area contributed by atoms with Crippen LogP contribution in [0.15, 0.2) is 36.1 Å². The number of carbonyl (C=O) groups is 2. The van der Waals surface area contributed by atoms with E-state index >= 15 is 0 Å². The number of carboxylic acids is 1. The minimum atomic E-state index is -1.01. The van der Waals surface area contributed by atoms with E-state index in [-0.39, 0.29) is 18.6 Å². The third-order valence-corrected chi connectivity index (χ3v) is 2.45. The number of carbonyl (C=O) groups excluding carboxylic acids is 1. The number of ether oxygens (including phenoxy) is 2. The summed E-state index contributed by atoms with van der Waals surface area (Å²) in [5.74, 6) is -1.19. The quantitative estimate of drug-likeness (QED) is 0.793. The smallest absolute Gasteiger partial charge is 0.307 e. The molecule has 90 valence electrons. The van der Waals surface area contributed by atoms with Crippen molar-refractivity contribution >= 4 is 11.8 Å². The lowest BCUT2D eigenvalue weighted by molar-refractivity contribution is -0.137. The minimum absolute atomic E-state index is 0.173. The Hall–Kier alpha value is -1.88. The van der Waals surface area contributed by atoms with Crippen LogP contribution in [0.25, 0.3) is 0 Å². The summed E-state index contributed by atoms with van der Waals surface area (Å²) in [5.41, 5.74) is 0.304. The van der Waals surface area contributed by atoms with Crippen LogP contribution in [-0.2, 0) is 19.1 Å². The third-order valence-electron chi connectivity index (χ3n) is 2.45. The van der Waals surface area contributed by atoms with Gasteiger partial charge in [-0.15, -0.1) is 0 Å². The summed E-state index contributed by atoms with van der Waals surface area (Å²) in [7, 11) is 0. The normalized spacial score (nSPS) is 26.8. The molecule has 0 radical (unpaired) electrons. The zero-order chi connectivity index (χ0) is 12.3. The Kier molecular flexibility index (Phi) is 3.39. The van der Waals surface area contributed by atoms with Gasteiger partial charge in [-0.05, 0) is 18.2 Å². The Labute approximate surface area is 98.0 Å². The highest BCUT2D eigenvalue weighted by Crippen LogP contribution is 2.22. The average molecular weight is 236 g/mol. The molecule has 1 aliphatic carbocycles.